The fourth-order valence-electron chi connectivity index (χ4n) is 1.06. The molecule has 1 aromatic rings. The van der Waals surface area contributed by atoms with Crippen LogP contribution in [0, 0.1) is 0 Å². The number of rotatable bonds is 5. The van der Waals surface area contributed by atoms with E-state index in [1.54, 1.807) is 18.9 Å². The van der Waals surface area contributed by atoms with Gasteiger partial charge < -0.3 is 10.5 Å². The van der Waals surface area contributed by atoms with Crippen LogP contribution in [0.15, 0.2) is 4.47 Å². The van der Waals surface area contributed by atoms with Crippen molar-refractivity contribution in [2.45, 2.75) is 19.3 Å². The number of hydrogen-bond donors (Lipinski definition) is 1. The largest absolute Gasteiger partial charge is 0.383 e. The van der Waals surface area contributed by atoms with Gasteiger partial charge in [0.2, 0.25) is 0 Å². The van der Waals surface area contributed by atoms with Crippen LogP contribution in [0.5, 0.6) is 0 Å². The summed E-state index contributed by atoms with van der Waals surface area (Å²) in [5.41, 5.74) is 6.56. The number of ether oxygens (including phenoxy) is 1. The Kier molecular flexibility index (Phi) is 5.35. The summed E-state index contributed by atoms with van der Waals surface area (Å²) in [6.45, 7) is 2.54. The van der Waals surface area contributed by atoms with E-state index in [4.69, 9.17) is 10.5 Å². The minimum absolute atomic E-state index is 0.442. The Morgan fingerprint density at radius 1 is 1.47 bits per heavy atom. The molecule has 1 rings (SSSR count). The summed E-state index contributed by atoms with van der Waals surface area (Å²) in [5, 5.41) is 0. The van der Waals surface area contributed by atoms with Crippen molar-refractivity contribution >= 4 is 33.5 Å². The second kappa shape index (κ2) is 6.30. The fourth-order valence-corrected chi connectivity index (χ4v) is 1.86. The zero-order chi connectivity index (χ0) is 11.3. The predicted octanol–water partition coefficient (Wildman–Crippen LogP) is 2.22. The maximum atomic E-state index is 5.76. The predicted molar refractivity (Wildman–Crippen MR) is 66.7 cm³/mol. The number of hydrogen-bond acceptors (Lipinski definition) is 5. The molecule has 0 unspecified atom stereocenters. The van der Waals surface area contributed by atoms with Gasteiger partial charge >= 0.3 is 0 Å². The summed E-state index contributed by atoms with van der Waals surface area (Å²) in [6.07, 6.45) is 0. The number of thioether (sulfide) groups is 1. The molecule has 15 heavy (non-hydrogen) atoms. The molecule has 0 saturated carbocycles. The molecule has 84 valence electrons. The van der Waals surface area contributed by atoms with Gasteiger partial charge in [-0.25, -0.2) is 9.97 Å². The Bertz CT molecular complexity index is 335. The Morgan fingerprint density at radius 2 is 2.20 bits per heavy atom. The van der Waals surface area contributed by atoms with Crippen LogP contribution in [-0.4, -0.2) is 22.8 Å². The third-order valence-electron chi connectivity index (χ3n) is 1.71. The molecule has 0 aliphatic carbocycles. The Hall–Kier alpha value is -0.330. The van der Waals surface area contributed by atoms with Crippen molar-refractivity contribution in [3.63, 3.8) is 0 Å². The number of methoxy groups -OCH3 is 1. The second-order valence-electron chi connectivity index (χ2n) is 2.86. The van der Waals surface area contributed by atoms with Crippen LogP contribution in [0.4, 0.5) is 5.82 Å². The average Bonchev–Trinajstić information content (AvgIpc) is 2.22. The van der Waals surface area contributed by atoms with E-state index in [9.17, 15) is 0 Å². The molecular formula is C9H14BrN3OS. The number of halogens is 1. The van der Waals surface area contributed by atoms with Gasteiger partial charge in [0.15, 0.2) is 0 Å². The van der Waals surface area contributed by atoms with Crippen molar-refractivity contribution < 1.29 is 4.74 Å². The third-order valence-corrected chi connectivity index (χ3v) is 3.44. The third kappa shape index (κ3) is 3.62. The number of nitrogens with zero attached hydrogens (tertiary/aromatic N) is 2. The van der Waals surface area contributed by atoms with E-state index in [2.05, 4.69) is 32.8 Å². The van der Waals surface area contributed by atoms with E-state index in [1.807, 2.05) is 0 Å². The number of nitrogens with two attached hydrogens (primary N) is 1. The molecule has 0 bridgehead atoms. The van der Waals surface area contributed by atoms with Crippen molar-refractivity contribution in [1.82, 2.24) is 9.97 Å². The van der Waals surface area contributed by atoms with Crippen molar-refractivity contribution in [2.24, 2.45) is 0 Å². The summed E-state index contributed by atoms with van der Waals surface area (Å²) >= 11 is 5.11. The van der Waals surface area contributed by atoms with Crippen LogP contribution in [0.2, 0.25) is 0 Å². The maximum Gasteiger partial charge on any atom is 0.141 e. The van der Waals surface area contributed by atoms with E-state index < -0.39 is 0 Å². The molecule has 4 nitrogen and oxygen atoms in total. The highest BCUT2D eigenvalue weighted by atomic mass is 79.9. The average molecular weight is 292 g/mol. The molecule has 1 heterocycles. The van der Waals surface area contributed by atoms with E-state index in [-0.39, 0.29) is 0 Å². The molecule has 0 aliphatic rings. The van der Waals surface area contributed by atoms with Gasteiger partial charge in [0.1, 0.15) is 11.6 Å². The molecular weight excluding hydrogens is 278 g/mol. The standard InChI is InChI=1S/C9H14BrN3OS/c1-3-15-5-7-12-6(4-14-2)8(10)9(11)13-7/h3-5H2,1-2H3,(H2,11,12,13). The van der Waals surface area contributed by atoms with Crippen LogP contribution >= 0.6 is 27.7 Å². The molecule has 6 heteroatoms. The molecule has 0 atom stereocenters. The Balaban J connectivity index is 2.90. The topological polar surface area (TPSA) is 61.0 Å². The van der Waals surface area contributed by atoms with E-state index >= 15 is 0 Å². The number of anilines is 1. The first-order chi connectivity index (χ1) is 7.19. The van der Waals surface area contributed by atoms with Crippen molar-refractivity contribution in [2.75, 3.05) is 18.6 Å². The minimum Gasteiger partial charge on any atom is -0.383 e. The van der Waals surface area contributed by atoms with Crippen molar-refractivity contribution in [1.29, 1.82) is 0 Å². The molecule has 0 aromatic carbocycles. The normalized spacial score (nSPS) is 10.6. The summed E-state index contributed by atoms with van der Waals surface area (Å²) in [6, 6.07) is 0. The van der Waals surface area contributed by atoms with Crippen LogP contribution in [-0.2, 0) is 17.1 Å². The van der Waals surface area contributed by atoms with Gasteiger partial charge in [-0.2, -0.15) is 11.8 Å². The van der Waals surface area contributed by atoms with Gasteiger partial charge in [0, 0.05) is 7.11 Å². The number of nitrogen functional groups attached to an aromatic ring is 1. The maximum absolute atomic E-state index is 5.76. The van der Waals surface area contributed by atoms with Gasteiger partial charge in [-0.05, 0) is 21.7 Å². The molecule has 0 spiro atoms. The van der Waals surface area contributed by atoms with Gasteiger partial charge in [-0.3, -0.25) is 0 Å². The molecule has 0 saturated heterocycles. The first kappa shape index (κ1) is 12.7. The molecule has 0 radical (unpaired) electrons. The van der Waals surface area contributed by atoms with Crippen LogP contribution in [0.25, 0.3) is 0 Å². The van der Waals surface area contributed by atoms with Crippen molar-refractivity contribution in [3.8, 4) is 0 Å². The Morgan fingerprint density at radius 3 is 2.80 bits per heavy atom. The van der Waals surface area contributed by atoms with E-state index in [1.165, 1.54) is 0 Å². The van der Waals surface area contributed by atoms with E-state index in [0.29, 0.717) is 12.4 Å². The summed E-state index contributed by atoms with van der Waals surface area (Å²) in [4.78, 5) is 8.57. The molecule has 2 N–H and O–H groups in total. The lowest BCUT2D eigenvalue weighted by Crippen LogP contribution is -2.05. The first-order valence-corrected chi connectivity index (χ1v) is 6.51. The van der Waals surface area contributed by atoms with E-state index in [0.717, 1.165) is 27.5 Å². The lowest BCUT2D eigenvalue weighted by molar-refractivity contribution is 0.180. The zero-order valence-corrected chi connectivity index (χ0v) is 11.2. The first-order valence-electron chi connectivity index (χ1n) is 4.56. The Labute approximate surface area is 102 Å². The van der Waals surface area contributed by atoms with Crippen LogP contribution in [0.1, 0.15) is 18.4 Å². The van der Waals surface area contributed by atoms with Gasteiger partial charge in [-0.15, -0.1) is 0 Å². The minimum atomic E-state index is 0.442. The summed E-state index contributed by atoms with van der Waals surface area (Å²) in [7, 11) is 1.63. The van der Waals surface area contributed by atoms with Crippen LogP contribution in [0.3, 0.4) is 0 Å². The lowest BCUT2D eigenvalue weighted by Gasteiger charge is -2.07. The monoisotopic (exact) mass is 291 g/mol. The molecule has 1 aromatic heterocycles. The highest BCUT2D eigenvalue weighted by molar-refractivity contribution is 9.10. The zero-order valence-electron chi connectivity index (χ0n) is 8.79. The van der Waals surface area contributed by atoms with Crippen molar-refractivity contribution in [3.05, 3.63) is 16.0 Å². The number of aromatic nitrogens is 2. The summed E-state index contributed by atoms with van der Waals surface area (Å²) < 4.78 is 5.77. The molecule has 0 amide bonds. The molecule has 0 fully saturated rings. The quantitative estimate of drug-likeness (QED) is 0.901. The van der Waals surface area contributed by atoms with Gasteiger partial charge in [-0.1, -0.05) is 6.92 Å². The lowest BCUT2D eigenvalue weighted by atomic mass is 10.4. The fraction of sp³-hybridized carbons (Fsp3) is 0.556. The highest BCUT2D eigenvalue weighted by Crippen LogP contribution is 2.22. The summed E-state index contributed by atoms with van der Waals surface area (Å²) in [5.74, 6) is 3.06. The smallest absolute Gasteiger partial charge is 0.141 e. The second-order valence-corrected chi connectivity index (χ2v) is 4.92. The SMILES string of the molecule is CCSCc1nc(N)c(Br)c(COC)n1. The molecule has 0 aliphatic heterocycles. The highest BCUT2D eigenvalue weighted by Gasteiger charge is 2.09. The van der Waals surface area contributed by atoms with Crippen LogP contribution < -0.4 is 5.73 Å². The van der Waals surface area contributed by atoms with Gasteiger partial charge in [0.25, 0.3) is 0 Å². The van der Waals surface area contributed by atoms with Gasteiger partial charge in [0.05, 0.1) is 22.5 Å².